The topological polar surface area (TPSA) is 47.1 Å². The SMILES string of the molecule is Cc1ccccc1CN(C)c1c(CN)c(C)nn1C. The summed E-state index contributed by atoms with van der Waals surface area (Å²) in [6.07, 6.45) is 0. The van der Waals surface area contributed by atoms with Crippen LogP contribution in [-0.4, -0.2) is 16.8 Å². The van der Waals surface area contributed by atoms with Gasteiger partial charge in [-0.2, -0.15) is 5.10 Å². The van der Waals surface area contributed by atoms with Gasteiger partial charge in [-0.05, 0) is 25.0 Å². The summed E-state index contributed by atoms with van der Waals surface area (Å²) >= 11 is 0. The largest absolute Gasteiger partial charge is 0.355 e. The van der Waals surface area contributed by atoms with E-state index in [1.807, 2.05) is 18.7 Å². The van der Waals surface area contributed by atoms with E-state index in [1.54, 1.807) is 0 Å². The second-order valence-corrected chi connectivity index (χ2v) is 5.00. The van der Waals surface area contributed by atoms with Crippen molar-refractivity contribution >= 4 is 5.82 Å². The van der Waals surface area contributed by atoms with Gasteiger partial charge in [-0.25, -0.2) is 0 Å². The number of benzene rings is 1. The molecule has 1 aromatic heterocycles. The number of hydrogen-bond donors (Lipinski definition) is 1. The van der Waals surface area contributed by atoms with E-state index in [-0.39, 0.29) is 0 Å². The summed E-state index contributed by atoms with van der Waals surface area (Å²) in [6.45, 7) is 5.53. The lowest BCUT2D eigenvalue weighted by Gasteiger charge is -2.22. The molecule has 102 valence electrons. The van der Waals surface area contributed by atoms with Crippen LogP contribution in [0.1, 0.15) is 22.4 Å². The van der Waals surface area contributed by atoms with Crippen molar-refractivity contribution in [1.82, 2.24) is 9.78 Å². The molecule has 4 nitrogen and oxygen atoms in total. The minimum absolute atomic E-state index is 0.521. The highest BCUT2D eigenvalue weighted by Crippen LogP contribution is 2.23. The van der Waals surface area contributed by atoms with Crippen LogP contribution in [0.5, 0.6) is 0 Å². The van der Waals surface area contributed by atoms with Crippen molar-refractivity contribution in [2.24, 2.45) is 12.8 Å². The highest BCUT2D eigenvalue weighted by Gasteiger charge is 2.16. The first kappa shape index (κ1) is 13.6. The molecule has 0 aliphatic heterocycles. The van der Waals surface area contributed by atoms with Gasteiger partial charge in [0, 0.05) is 32.7 Å². The molecular weight excluding hydrogens is 236 g/mol. The summed E-state index contributed by atoms with van der Waals surface area (Å²) in [6, 6.07) is 8.45. The first-order valence-corrected chi connectivity index (χ1v) is 6.52. The molecule has 0 unspecified atom stereocenters. The Kier molecular flexibility index (Phi) is 3.90. The second-order valence-electron chi connectivity index (χ2n) is 5.00. The fourth-order valence-corrected chi connectivity index (χ4v) is 2.52. The van der Waals surface area contributed by atoms with Gasteiger partial charge >= 0.3 is 0 Å². The number of nitrogens with two attached hydrogens (primary N) is 1. The lowest BCUT2D eigenvalue weighted by Crippen LogP contribution is -2.21. The third-order valence-corrected chi connectivity index (χ3v) is 3.55. The Hall–Kier alpha value is -1.81. The fourth-order valence-electron chi connectivity index (χ4n) is 2.52. The van der Waals surface area contributed by atoms with Gasteiger partial charge in [0.2, 0.25) is 0 Å². The first-order valence-electron chi connectivity index (χ1n) is 6.52. The average molecular weight is 258 g/mol. The van der Waals surface area contributed by atoms with Gasteiger partial charge in [-0.3, -0.25) is 4.68 Å². The molecule has 0 saturated heterocycles. The Balaban J connectivity index is 2.30. The summed E-state index contributed by atoms with van der Waals surface area (Å²) in [4.78, 5) is 2.21. The van der Waals surface area contributed by atoms with E-state index in [4.69, 9.17) is 5.73 Å². The quantitative estimate of drug-likeness (QED) is 0.914. The highest BCUT2D eigenvalue weighted by atomic mass is 15.4. The van der Waals surface area contributed by atoms with Crippen molar-refractivity contribution in [2.45, 2.75) is 26.9 Å². The van der Waals surface area contributed by atoms with Crippen LogP contribution in [0.3, 0.4) is 0 Å². The van der Waals surface area contributed by atoms with E-state index in [9.17, 15) is 0 Å². The molecule has 4 heteroatoms. The maximum atomic E-state index is 5.85. The zero-order valence-corrected chi connectivity index (χ0v) is 12.1. The van der Waals surface area contributed by atoms with Crippen molar-refractivity contribution in [3.8, 4) is 0 Å². The zero-order chi connectivity index (χ0) is 14.0. The van der Waals surface area contributed by atoms with Crippen molar-refractivity contribution < 1.29 is 0 Å². The number of anilines is 1. The summed E-state index contributed by atoms with van der Waals surface area (Å²) in [7, 11) is 4.05. The summed E-state index contributed by atoms with van der Waals surface area (Å²) in [5.41, 5.74) is 10.6. The fraction of sp³-hybridized carbons (Fsp3) is 0.400. The van der Waals surface area contributed by atoms with E-state index in [1.165, 1.54) is 11.1 Å². The molecule has 0 bridgehead atoms. The van der Waals surface area contributed by atoms with Crippen LogP contribution in [-0.2, 0) is 20.1 Å². The zero-order valence-electron chi connectivity index (χ0n) is 12.1. The Morgan fingerprint density at radius 2 is 1.95 bits per heavy atom. The molecule has 0 amide bonds. The van der Waals surface area contributed by atoms with Crippen LogP contribution in [0.2, 0.25) is 0 Å². The van der Waals surface area contributed by atoms with Crippen LogP contribution in [0, 0.1) is 13.8 Å². The van der Waals surface area contributed by atoms with E-state index >= 15 is 0 Å². The molecule has 1 aromatic carbocycles. The van der Waals surface area contributed by atoms with Gasteiger partial charge in [0.1, 0.15) is 5.82 Å². The maximum absolute atomic E-state index is 5.85. The Morgan fingerprint density at radius 1 is 1.26 bits per heavy atom. The van der Waals surface area contributed by atoms with Gasteiger partial charge in [0.25, 0.3) is 0 Å². The van der Waals surface area contributed by atoms with Crippen LogP contribution in [0.25, 0.3) is 0 Å². The number of nitrogens with zero attached hydrogens (tertiary/aromatic N) is 3. The molecule has 0 fully saturated rings. The Morgan fingerprint density at radius 3 is 2.58 bits per heavy atom. The number of hydrogen-bond acceptors (Lipinski definition) is 3. The Bertz CT molecular complexity index is 572. The molecule has 0 aliphatic carbocycles. The van der Waals surface area contributed by atoms with E-state index in [0.717, 1.165) is 23.6 Å². The smallest absolute Gasteiger partial charge is 0.131 e. The van der Waals surface area contributed by atoms with Crippen LogP contribution >= 0.6 is 0 Å². The van der Waals surface area contributed by atoms with Crippen molar-refractivity contribution in [3.05, 3.63) is 46.6 Å². The monoisotopic (exact) mass is 258 g/mol. The second kappa shape index (κ2) is 5.45. The van der Waals surface area contributed by atoms with Crippen LogP contribution in [0.4, 0.5) is 5.82 Å². The van der Waals surface area contributed by atoms with Gasteiger partial charge in [0.05, 0.1) is 5.69 Å². The number of aromatic nitrogens is 2. The van der Waals surface area contributed by atoms with Gasteiger partial charge in [-0.15, -0.1) is 0 Å². The van der Waals surface area contributed by atoms with Crippen LogP contribution in [0.15, 0.2) is 24.3 Å². The predicted octanol–water partition coefficient (Wildman–Crippen LogP) is 2.13. The first-order chi connectivity index (χ1) is 9.04. The molecule has 19 heavy (non-hydrogen) atoms. The maximum Gasteiger partial charge on any atom is 0.131 e. The molecule has 1 heterocycles. The molecule has 2 aromatic rings. The van der Waals surface area contributed by atoms with Crippen LogP contribution < -0.4 is 10.6 Å². The molecular formula is C15H22N4. The van der Waals surface area contributed by atoms with E-state index in [2.05, 4.69) is 48.2 Å². The molecule has 0 saturated carbocycles. The molecule has 0 radical (unpaired) electrons. The summed E-state index contributed by atoms with van der Waals surface area (Å²) < 4.78 is 1.91. The standard InChI is InChI=1S/C15H22N4/c1-11-7-5-6-8-13(11)10-18(3)15-14(9-16)12(2)17-19(15)4/h5-8H,9-10,16H2,1-4H3. The Labute approximate surface area is 114 Å². The predicted molar refractivity (Wildman–Crippen MR) is 79.1 cm³/mol. The minimum Gasteiger partial charge on any atom is -0.355 e. The lowest BCUT2D eigenvalue weighted by atomic mass is 10.1. The number of rotatable bonds is 4. The normalized spacial score (nSPS) is 10.8. The third kappa shape index (κ3) is 2.63. The average Bonchev–Trinajstić information content (AvgIpc) is 2.66. The molecule has 0 spiro atoms. The van der Waals surface area contributed by atoms with E-state index in [0.29, 0.717) is 6.54 Å². The van der Waals surface area contributed by atoms with Gasteiger partial charge in [0.15, 0.2) is 0 Å². The van der Waals surface area contributed by atoms with Crippen molar-refractivity contribution in [3.63, 3.8) is 0 Å². The summed E-state index contributed by atoms with van der Waals surface area (Å²) in [5.74, 6) is 1.10. The minimum atomic E-state index is 0.521. The van der Waals surface area contributed by atoms with Crippen molar-refractivity contribution in [2.75, 3.05) is 11.9 Å². The van der Waals surface area contributed by atoms with E-state index < -0.39 is 0 Å². The molecule has 0 aliphatic rings. The van der Waals surface area contributed by atoms with Crippen molar-refractivity contribution in [1.29, 1.82) is 0 Å². The van der Waals surface area contributed by atoms with Gasteiger partial charge < -0.3 is 10.6 Å². The lowest BCUT2D eigenvalue weighted by molar-refractivity contribution is 0.725. The third-order valence-electron chi connectivity index (χ3n) is 3.55. The molecule has 2 N–H and O–H groups in total. The van der Waals surface area contributed by atoms with Gasteiger partial charge in [-0.1, -0.05) is 24.3 Å². The number of aryl methyl sites for hydroxylation is 3. The molecule has 2 rings (SSSR count). The summed E-state index contributed by atoms with van der Waals surface area (Å²) in [5, 5.41) is 4.46. The molecule has 0 atom stereocenters. The highest BCUT2D eigenvalue weighted by molar-refractivity contribution is 5.50.